The van der Waals surface area contributed by atoms with E-state index >= 15 is 0 Å². The monoisotopic (exact) mass is 393 g/mol. The van der Waals surface area contributed by atoms with Gasteiger partial charge in [0.2, 0.25) is 15.9 Å². The van der Waals surface area contributed by atoms with E-state index in [2.05, 4.69) is 4.98 Å². The Balaban J connectivity index is 1.79. The lowest BCUT2D eigenvalue weighted by Gasteiger charge is -2.23. The Labute approximate surface area is 160 Å². The smallest absolute Gasteiger partial charge is 0.242 e. The van der Waals surface area contributed by atoms with Crippen molar-refractivity contribution < 1.29 is 13.2 Å². The summed E-state index contributed by atoms with van der Waals surface area (Å²) in [6, 6.07) is 5.08. The molecule has 1 aliphatic heterocycles. The van der Waals surface area contributed by atoms with Gasteiger partial charge in [-0.2, -0.15) is 0 Å². The van der Waals surface area contributed by atoms with Crippen LogP contribution in [0.2, 0.25) is 0 Å². The molecule has 2 heterocycles. The number of aromatic nitrogens is 2. The summed E-state index contributed by atoms with van der Waals surface area (Å²) >= 11 is 0. The van der Waals surface area contributed by atoms with Crippen LogP contribution in [0.4, 0.5) is 0 Å². The zero-order chi connectivity index (χ0) is 19.8. The Bertz CT molecular complexity index is 951. The molecule has 1 aromatic heterocycles. The Morgan fingerprint density at radius 3 is 2.78 bits per heavy atom. The summed E-state index contributed by atoms with van der Waals surface area (Å²) in [5.41, 5.74) is 7.21. The number of nitrogens with zero attached hydrogens (tertiary/aromatic N) is 4. The van der Waals surface area contributed by atoms with Crippen LogP contribution in [0.25, 0.3) is 11.0 Å². The quantitative estimate of drug-likeness (QED) is 0.779. The zero-order valence-electron chi connectivity index (χ0n) is 16.1. The van der Waals surface area contributed by atoms with Crippen LogP contribution >= 0.6 is 0 Å². The summed E-state index contributed by atoms with van der Waals surface area (Å²) in [7, 11) is 1.38. The van der Waals surface area contributed by atoms with Crippen molar-refractivity contribution in [1.29, 1.82) is 0 Å². The van der Waals surface area contributed by atoms with Crippen LogP contribution in [0.5, 0.6) is 0 Å². The van der Waals surface area contributed by atoms with Crippen molar-refractivity contribution in [3.63, 3.8) is 0 Å². The third kappa shape index (κ3) is 3.71. The van der Waals surface area contributed by atoms with Gasteiger partial charge in [0.1, 0.15) is 5.82 Å². The van der Waals surface area contributed by atoms with E-state index in [4.69, 9.17) is 5.73 Å². The van der Waals surface area contributed by atoms with Gasteiger partial charge in [-0.1, -0.05) is 0 Å². The van der Waals surface area contributed by atoms with Gasteiger partial charge in [0.05, 0.1) is 15.9 Å². The minimum Gasteiger partial charge on any atom is -0.338 e. The molecule has 0 saturated carbocycles. The van der Waals surface area contributed by atoms with E-state index in [1.54, 1.807) is 18.2 Å². The lowest BCUT2D eigenvalue weighted by Crippen LogP contribution is -2.40. The van der Waals surface area contributed by atoms with E-state index in [-0.39, 0.29) is 16.8 Å². The number of hydrogen-bond donors (Lipinski definition) is 1. The van der Waals surface area contributed by atoms with E-state index in [1.807, 2.05) is 16.5 Å². The molecule has 0 radical (unpaired) electrons. The van der Waals surface area contributed by atoms with Crippen molar-refractivity contribution in [2.75, 3.05) is 27.2 Å². The molecule has 148 valence electrons. The summed E-state index contributed by atoms with van der Waals surface area (Å²) in [6.07, 6.45) is 2.85. The van der Waals surface area contributed by atoms with E-state index in [9.17, 15) is 13.2 Å². The Hall–Kier alpha value is -1.97. The Morgan fingerprint density at radius 1 is 1.37 bits per heavy atom. The van der Waals surface area contributed by atoms with Crippen LogP contribution in [0.3, 0.4) is 0 Å². The summed E-state index contributed by atoms with van der Waals surface area (Å²) in [6.45, 7) is 1.27. The number of carbonyl (C=O) groups excluding carboxylic acids is 1. The van der Waals surface area contributed by atoms with Crippen molar-refractivity contribution in [1.82, 2.24) is 18.8 Å². The maximum atomic E-state index is 12.5. The molecule has 0 aliphatic carbocycles. The van der Waals surface area contributed by atoms with Gasteiger partial charge in [0.15, 0.2) is 0 Å². The summed E-state index contributed by atoms with van der Waals surface area (Å²) in [4.78, 5) is 19.2. The average Bonchev–Trinajstić information content (AvgIpc) is 3.24. The second kappa shape index (κ2) is 7.57. The number of nitrogens with two attached hydrogens (primary N) is 1. The number of hydrogen-bond acceptors (Lipinski definition) is 5. The average molecular weight is 394 g/mol. The van der Waals surface area contributed by atoms with E-state index in [0.717, 1.165) is 30.7 Å². The van der Waals surface area contributed by atoms with Crippen molar-refractivity contribution >= 4 is 27.0 Å². The molecule has 1 unspecified atom stereocenters. The number of carbonyl (C=O) groups is 1. The molecule has 1 saturated heterocycles. The number of aryl methyl sites for hydroxylation is 2. The molecule has 1 aromatic carbocycles. The molecule has 3 rings (SSSR count). The van der Waals surface area contributed by atoms with Gasteiger partial charge in [-0.3, -0.25) is 4.79 Å². The number of rotatable bonds is 6. The summed E-state index contributed by atoms with van der Waals surface area (Å²) < 4.78 is 27.7. The van der Waals surface area contributed by atoms with Gasteiger partial charge >= 0.3 is 0 Å². The Kier molecular flexibility index (Phi) is 5.55. The molecule has 8 nitrogen and oxygen atoms in total. The molecule has 0 bridgehead atoms. The SMILES string of the molecule is CN(C)S(=O)(=O)c1ccc2c(c1)nc(CCC(=O)N1CCCC1CN)n2C. The van der Waals surface area contributed by atoms with Crippen molar-refractivity contribution in [3.05, 3.63) is 24.0 Å². The van der Waals surface area contributed by atoms with E-state index < -0.39 is 10.0 Å². The number of sulfonamides is 1. The first-order chi connectivity index (χ1) is 12.8. The molecule has 1 atom stereocenters. The second-order valence-corrected chi connectivity index (χ2v) is 9.30. The molecule has 1 amide bonds. The largest absolute Gasteiger partial charge is 0.338 e. The first-order valence-electron chi connectivity index (χ1n) is 9.13. The molecular formula is C18H27N5O3S. The minimum atomic E-state index is -3.51. The minimum absolute atomic E-state index is 0.103. The highest BCUT2D eigenvalue weighted by Gasteiger charge is 2.27. The van der Waals surface area contributed by atoms with Gasteiger partial charge in [-0.15, -0.1) is 0 Å². The highest BCUT2D eigenvalue weighted by Crippen LogP contribution is 2.23. The highest BCUT2D eigenvalue weighted by molar-refractivity contribution is 7.89. The van der Waals surface area contributed by atoms with Gasteiger partial charge in [0, 0.05) is 53.1 Å². The van der Waals surface area contributed by atoms with Gasteiger partial charge in [-0.05, 0) is 31.0 Å². The molecule has 27 heavy (non-hydrogen) atoms. The zero-order valence-corrected chi connectivity index (χ0v) is 16.9. The fourth-order valence-corrected chi connectivity index (χ4v) is 4.52. The molecule has 1 fully saturated rings. The Morgan fingerprint density at radius 2 is 2.11 bits per heavy atom. The summed E-state index contributed by atoms with van der Waals surface area (Å²) in [5, 5.41) is 0. The van der Waals surface area contributed by atoms with Gasteiger partial charge in [-0.25, -0.2) is 17.7 Å². The van der Waals surface area contributed by atoms with Crippen LogP contribution in [0.1, 0.15) is 25.1 Å². The number of fused-ring (bicyclic) bond motifs is 1. The van der Waals surface area contributed by atoms with Crippen LogP contribution in [-0.4, -0.2) is 66.3 Å². The normalized spacial score (nSPS) is 18.0. The summed E-state index contributed by atoms with van der Waals surface area (Å²) in [5.74, 6) is 0.868. The third-order valence-corrected chi connectivity index (χ3v) is 7.07. The molecular weight excluding hydrogens is 366 g/mol. The predicted molar refractivity (Wildman–Crippen MR) is 104 cm³/mol. The first-order valence-corrected chi connectivity index (χ1v) is 10.6. The standard InChI is InChI=1S/C18H27N5O3S/c1-21(2)27(25,26)14-6-7-16-15(11-14)20-17(22(16)3)8-9-18(24)23-10-4-5-13(23)12-19/h6-7,11,13H,4-5,8-10,12,19H2,1-3H3. The van der Waals surface area contributed by atoms with E-state index in [0.29, 0.717) is 24.9 Å². The predicted octanol–water partition coefficient (Wildman–Crippen LogP) is 0.706. The molecule has 2 N–H and O–H groups in total. The fraction of sp³-hybridized carbons (Fsp3) is 0.556. The molecule has 9 heteroatoms. The van der Waals surface area contributed by atoms with Gasteiger partial charge < -0.3 is 15.2 Å². The number of imidazole rings is 1. The van der Waals surface area contributed by atoms with Crippen molar-refractivity contribution in [2.24, 2.45) is 12.8 Å². The van der Waals surface area contributed by atoms with Gasteiger partial charge in [0.25, 0.3) is 0 Å². The van der Waals surface area contributed by atoms with Crippen LogP contribution in [0, 0.1) is 0 Å². The molecule has 0 spiro atoms. The number of amides is 1. The molecule has 2 aromatic rings. The van der Waals surface area contributed by atoms with Crippen LogP contribution in [-0.2, 0) is 28.3 Å². The topological polar surface area (TPSA) is 102 Å². The van der Waals surface area contributed by atoms with Crippen LogP contribution in [0.15, 0.2) is 23.1 Å². The van der Waals surface area contributed by atoms with E-state index in [1.165, 1.54) is 18.4 Å². The highest BCUT2D eigenvalue weighted by atomic mass is 32.2. The first kappa shape index (κ1) is 19.8. The maximum Gasteiger partial charge on any atom is 0.242 e. The molecule has 1 aliphatic rings. The number of benzene rings is 1. The second-order valence-electron chi connectivity index (χ2n) is 7.14. The number of likely N-dealkylation sites (tertiary alicyclic amines) is 1. The van der Waals surface area contributed by atoms with Crippen molar-refractivity contribution in [3.8, 4) is 0 Å². The van der Waals surface area contributed by atoms with Crippen LogP contribution < -0.4 is 5.73 Å². The van der Waals surface area contributed by atoms with Crippen molar-refractivity contribution in [2.45, 2.75) is 36.6 Å². The maximum absolute atomic E-state index is 12.5. The lowest BCUT2D eigenvalue weighted by atomic mass is 10.2. The fourth-order valence-electron chi connectivity index (χ4n) is 3.60. The lowest BCUT2D eigenvalue weighted by molar-refractivity contribution is -0.131. The third-order valence-electron chi connectivity index (χ3n) is 5.26.